The van der Waals surface area contributed by atoms with Gasteiger partial charge < -0.3 is 19.9 Å². The molecule has 0 spiro atoms. The first-order chi connectivity index (χ1) is 14.1. The standard InChI is InChI=1S/C22H31N3O4/c1-29-20-16-24(12-5-8-21(27)25-14-9-18(26)10-15-25)13-11-19(20)23-22(28)17-6-3-2-4-7-17/h2-4,6-7,19-20H,5,8-16H2,1H3,(H,23,28). The van der Waals surface area contributed by atoms with Crippen molar-refractivity contribution in [2.75, 3.05) is 39.8 Å². The van der Waals surface area contributed by atoms with E-state index in [4.69, 9.17) is 4.74 Å². The second-order valence-electron chi connectivity index (χ2n) is 7.83. The number of methoxy groups -OCH3 is 1. The number of benzene rings is 1. The van der Waals surface area contributed by atoms with Crippen LogP contribution in [0, 0.1) is 0 Å². The van der Waals surface area contributed by atoms with Gasteiger partial charge in [-0.1, -0.05) is 18.2 Å². The summed E-state index contributed by atoms with van der Waals surface area (Å²) >= 11 is 0. The summed E-state index contributed by atoms with van der Waals surface area (Å²) < 4.78 is 5.64. The first-order valence-electron chi connectivity index (χ1n) is 10.5. The van der Waals surface area contributed by atoms with E-state index < -0.39 is 0 Å². The monoisotopic (exact) mass is 401 g/mol. The fourth-order valence-corrected chi connectivity index (χ4v) is 4.05. The molecule has 0 radical (unpaired) electrons. The lowest BCUT2D eigenvalue weighted by molar-refractivity contribution is -0.134. The number of ketones is 1. The smallest absolute Gasteiger partial charge is 0.251 e. The number of likely N-dealkylation sites (tertiary alicyclic amines) is 2. The van der Waals surface area contributed by atoms with Crippen LogP contribution in [0.4, 0.5) is 0 Å². The molecule has 0 bridgehead atoms. The molecule has 29 heavy (non-hydrogen) atoms. The summed E-state index contributed by atoms with van der Waals surface area (Å²) in [7, 11) is 1.68. The molecule has 2 amide bonds. The zero-order valence-corrected chi connectivity index (χ0v) is 17.1. The minimum atomic E-state index is -0.0725. The maximum absolute atomic E-state index is 12.4. The fraction of sp³-hybridized carbons (Fsp3) is 0.591. The molecular weight excluding hydrogens is 370 g/mol. The maximum Gasteiger partial charge on any atom is 0.251 e. The zero-order chi connectivity index (χ0) is 20.6. The largest absolute Gasteiger partial charge is 0.378 e. The summed E-state index contributed by atoms with van der Waals surface area (Å²) in [6.07, 6.45) is 3.03. The third-order valence-corrected chi connectivity index (χ3v) is 5.84. The van der Waals surface area contributed by atoms with Gasteiger partial charge in [0.1, 0.15) is 5.78 Å². The van der Waals surface area contributed by atoms with E-state index in [9.17, 15) is 14.4 Å². The first kappa shape index (κ1) is 21.5. The second kappa shape index (κ2) is 10.5. The van der Waals surface area contributed by atoms with Crippen LogP contribution in [-0.2, 0) is 14.3 Å². The van der Waals surface area contributed by atoms with Crippen LogP contribution in [0.5, 0.6) is 0 Å². The summed E-state index contributed by atoms with van der Waals surface area (Å²) in [5, 5.41) is 3.10. The van der Waals surface area contributed by atoms with Crippen molar-refractivity contribution in [3.05, 3.63) is 35.9 Å². The van der Waals surface area contributed by atoms with E-state index in [0.29, 0.717) is 37.9 Å². The average Bonchev–Trinajstić information content (AvgIpc) is 2.75. The third kappa shape index (κ3) is 6.11. The minimum absolute atomic E-state index is 0.0172. The molecule has 3 rings (SSSR count). The van der Waals surface area contributed by atoms with Gasteiger partial charge in [-0.15, -0.1) is 0 Å². The molecule has 1 N–H and O–H groups in total. The van der Waals surface area contributed by atoms with Crippen LogP contribution >= 0.6 is 0 Å². The Morgan fingerprint density at radius 1 is 1.14 bits per heavy atom. The Kier molecular flexibility index (Phi) is 7.77. The summed E-state index contributed by atoms with van der Waals surface area (Å²) in [4.78, 5) is 40.1. The van der Waals surface area contributed by atoms with Gasteiger partial charge >= 0.3 is 0 Å². The topological polar surface area (TPSA) is 79.0 Å². The van der Waals surface area contributed by atoms with Crippen molar-refractivity contribution in [3.8, 4) is 0 Å². The molecule has 0 saturated carbocycles. The first-order valence-corrected chi connectivity index (χ1v) is 10.5. The van der Waals surface area contributed by atoms with Crippen LogP contribution in [0.25, 0.3) is 0 Å². The molecular formula is C22H31N3O4. The molecule has 158 valence electrons. The lowest BCUT2D eigenvalue weighted by Crippen LogP contribution is -2.55. The van der Waals surface area contributed by atoms with Crippen molar-refractivity contribution in [3.63, 3.8) is 0 Å². The maximum atomic E-state index is 12.4. The molecule has 2 fully saturated rings. The van der Waals surface area contributed by atoms with Crippen LogP contribution in [-0.4, -0.2) is 79.4 Å². The molecule has 7 heteroatoms. The summed E-state index contributed by atoms with van der Waals surface area (Å²) in [5.74, 6) is 0.324. The van der Waals surface area contributed by atoms with Crippen molar-refractivity contribution >= 4 is 17.6 Å². The van der Waals surface area contributed by atoms with E-state index >= 15 is 0 Å². The van der Waals surface area contributed by atoms with Gasteiger partial charge in [0.15, 0.2) is 0 Å². The van der Waals surface area contributed by atoms with Gasteiger partial charge in [0.2, 0.25) is 5.91 Å². The van der Waals surface area contributed by atoms with Crippen LogP contribution in [0.1, 0.15) is 42.5 Å². The highest BCUT2D eigenvalue weighted by Gasteiger charge is 2.30. The van der Waals surface area contributed by atoms with Crippen LogP contribution in [0.3, 0.4) is 0 Å². The fourth-order valence-electron chi connectivity index (χ4n) is 4.05. The molecule has 1 aromatic rings. The molecule has 1 aromatic carbocycles. The van der Waals surface area contributed by atoms with Gasteiger partial charge in [0.25, 0.3) is 5.91 Å². The van der Waals surface area contributed by atoms with E-state index in [-0.39, 0.29) is 29.7 Å². The van der Waals surface area contributed by atoms with E-state index in [0.717, 1.165) is 32.5 Å². The quantitative estimate of drug-likeness (QED) is 0.749. The van der Waals surface area contributed by atoms with Crippen LogP contribution in [0.15, 0.2) is 30.3 Å². The molecule has 0 aromatic heterocycles. The van der Waals surface area contributed by atoms with Gasteiger partial charge in [0, 0.05) is 58.1 Å². The molecule has 2 unspecified atom stereocenters. The number of piperidine rings is 2. The van der Waals surface area contributed by atoms with Crippen molar-refractivity contribution in [1.29, 1.82) is 0 Å². The molecule has 2 saturated heterocycles. The lowest BCUT2D eigenvalue weighted by Gasteiger charge is -2.38. The molecule has 2 atom stereocenters. The number of hydrogen-bond acceptors (Lipinski definition) is 5. The summed E-state index contributed by atoms with van der Waals surface area (Å²) in [5.41, 5.74) is 0.655. The van der Waals surface area contributed by atoms with Crippen molar-refractivity contribution in [2.24, 2.45) is 0 Å². The summed E-state index contributed by atoms with van der Waals surface area (Å²) in [6.45, 7) is 3.57. The van der Waals surface area contributed by atoms with E-state index in [2.05, 4.69) is 10.2 Å². The Labute approximate surface area is 172 Å². The number of ether oxygens (including phenoxy) is 1. The van der Waals surface area contributed by atoms with Crippen LogP contribution in [0.2, 0.25) is 0 Å². The van der Waals surface area contributed by atoms with Crippen molar-refractivity contribution in [2.45, 2.75) is 44.2 Å². The zero-order valence-electron chi connectivity index (χ0n) is 17.1. The average molecular weight is 402 g/mol. The molecule has 7 nitrogen and oxygen atoms in total. The van der Waals surface area contributed by atoms with Crippen molar-refractivity contribution in [1.82, 2.24) is 15.1 Å². The van der Waals surface area contributed by atoms with E-state index in [1.54, 1.807) is 7.11 Å². The Bertz CT molecular complexity index is 699. The highest BCUT2D eigenvalue weighted by molar-refractivity contribution is 5.94. The Balaban J connectivity index is 1.40. The highest BCUT2D eigenvalue weighted by Crippen LogP contribution is 2.16. The number of Topliss-reactive ketones (excluding diaryl/α,β-unsaturated/α-hetero) is 1. The van der Waals surface area contributed by atoms with Crippen molar-refractivity contribution < 1.29 is 19.1 Å². The highest BCUT2D eigenvalue weighted by atomic mass is 16.5. The second-order valence-corrected chi connectivity index (χ2v) is 7.83. The van der Waals surface area contributed by atoms with E-state index in [1.165, 1.54) is 0 Å². The predicted molar refractivity (Wildman–Crippen MR) is 110 cm³/mol. The molecule has 2 aliphatic rings. The Morgan fingerprint density at radius 3 is 2.55 bits per heavy atom. The van der Waals surface area contributed by atoms with Gasteiger partial charge in [-0.2, -0.15) is 0 Å². The summed E-state index contributed by atoms with van der Waals surface area (Å²) in [6, 6.07) is 9.20. The van der Waals surface area contributed by atoms with Gasteiger partial charge in [-0.05, 0) is 31.5 Å². The number of carbonyl (C=O) groups excluding carboxylic acids is 3. The number of rotatable bonds is 7. The SMILES string of the molecule is COC1CN(CCCC(=O)N2CCC(=O)CC2)CCC1NC(=O)c1ccccc1. The lowest BCUT2D eigenvalue weighted by atomic mass is 10.0. The van der Waals surface area contributed by atoms with Gasteiger partial charge in [0.05, 0.1) is 12.1 Å². The molecule has 2 heterocycles. The number of carbonyl (C=O) groups is 3. The number of nitrogens with one attached hydrogen (secondary N) is 1. The predicted octanol–water partition coefficient (Wildman–Crippen LogP) is 1.48. The third-order valence-electron chi connectivity index (χ3n) is 5.84. The van der Waals surface area contributed by atoms with Gasteiger partial charge in [-0.25, -0.2) is 0 Å². The Morgan fingerprint density at radius 2 is 1.86 bits per heavy atom. The van der Waals surface area contributed by atoms with E-state index in [1.807, 2.05) is 35.2 Å². The molecule has 0 aliphatic carbocycles. The normalized spacial score (nSPS) is 23.1. The number of hydrogen-bond donors (Lipinski definition) is 1. The number of nitrogens with zero attached hydrogens (tertiary/aromatic N) is 2. The van der Waals surface area contributed by atoms with Crippen LogP contribution < -0.4 is 5.32 Å². The minimum Gasteiger partial charge on any atom is -0.378 e. The molecule has 2 aliphatic heterocycles. The Hall–Kier alpha value is -2.25. The van der Waals surface area contributed by atoms with Gasteiger partial charge in [-0.3, -0.25) is 14.4 Å². The number of amides is 2.